The number of rotatable bonds is 1. The average molecular weight is 914 g/mol. The number of likely N-dealkylation sites (N-methyl/N-ethyl adjacent to an activating group) is 3. The van der Waals surface area contributed by atoms with Gasteiger partial charge in [-0.05, 0) is 126 Å². The first-order valence-corrected chi connectivity index (χ1v) is 23.6. The fourth-order valence-corrected chi connectivity index (χ4v) is 15.6. The Bertz CT molecular complexity index is 2860. The minimum absolute atomic E-state index is 0.00319. The first kappa shape index (κ1) is 41.7. The van der Waals surface area contributed by atoms with E-state index in [1.807, 2.05) is 31.1 Å². The van der Waals surface area contributed by atoms with Crippen LogP contribution in [0.15, 0.2) is 72.0 Å². The van der Waals surface area contributed by atoms with E-state index in [4.69, 9.17) is 18.9 Å². The molecule has 12 atom stereocenters. The van der Waals surface area contributed by atoms with Crippen molar-refractivity contribution < 1.29 is 59.2 Å². The Morgan fingerprint density at radius 2 is 1.34 bits per heavy atom. The van der Waals surface area contributed by atoms with Crippen LogP contribution in [0.2, 0.25) is 0 Å². The van der Waals surface area contributed by atoms with Crippen molar-refractivity contribution in [3.63, 3.8) is 0 Å². The van der Waals surface area contributed by atoms with Crippen LogP contribution in [0, 0.1) is 0 Å². The molecule has 0 amide bonds. The van der Waals surface area contributed by atoms with Crippen molar-refractivity contribution in [2.24, 2.45) is 0 Å². The Morgan fingerprint density at radius 3 is 2.09 bits per heavy atom. The predicted octanol–water partition coefficient (Wildman–Crippen LogP) is 2.82. The molecular formula is C52H55N3O12. The van der Waals surface area contributed by atoms with Crippen molar-refractivity contribution in [1.29, 1.82) is 0 Å². The maximum absolute atomic E-state index is 13.0. The summed E-state index contributed by atoms with van der Waals surface area (Å²) >= 11 is 0. The normalized spacial score (nSPS) is 40.0. The molecule has 0 aromatic heterocycles. The zero-order chi connectivity index (χ0) is 46.5. The van der Waals surface area contributed by atoms with E-state index >= 15 is 0 Å². The number of phenolic OH excluding ortho intramolecular Hbond substituents is 3. The van der Waals surface area contributed by atoms with Gasteiger partial charge in [-0.15, -0.1) is 0 Å². The molecule has 350 valence electrons. The molecular weight excluding hydrogens is 859 g/mol. The van der Waals surface area contributed by atoms with Gasteiger partial charge in [0.2, 0.25) is 0 Å². The average Bonchev–Trinajstić information content (AvgIpc) is 3.98. The minimum Gasteiger partial charge on any atom is -0.504 e. The second kappa shape index (κ2) is 13.4. The molecule has 6 heterocycles. The Hall–Kier alpha value is -5.42. The summed E-state index contributed by atoms with van der Waals surface area (Å²) in [6, 6.07) is 10.1. The molecule has 6 bridgehead atoms. The maximum Gasteiger partial charge on any atom is 0.183 e. The Kier molecular flexibility index (Phi) is 8.36. The van der Waals surface area contributed by atoms with Gasteiger partial charge >= 0.3 is 0 Å². The number of phenols is 3. The number of aromatic hydroxyl groups is 3. The third kappa shape index (κ3) is 4.69. The number of methoxy groups -OCH3 is 1. The number of hydrogen-bond acceptors (Lipinski definition) is 15. The summed E-state index contributed by atoms with van der Waals surface area (Å²) < 4.78 is 23.7. The molecule has 4 fully saturated rings. The van der Waals surface area contributed by atoms with Gasteiger partial charge in [-0.1, -0.05) is 30.4 Å². The number of ketones is 2. The highest BCUT2D eigenvalue weighted by atomic mass is 16.5. The van der Waals surface area contributed by atoms with Gasteiger partial charge in [0.1, 0.15) is 29.6 Å². The second-order valence-electron chi connectivity index (χ2n) is 21.0. The highest BCUT2D eigenvalue weighted by molar-refractivity contribution is 6.06. The molecule has 67 heavy (non-hydrogen) atoms. The van der Waals surface area contributed by atoms with Gasteiger partial charge in [-0.2, -0.15) is 0 Å². The van der Waals surface area contributed by atoms with Crippen LogP contribution < -0.4 is 14.2 Å². The second-order valence-corrected chi connectivity index (χ2v) is 21.0. The van der Waals surface area contributed by atoms with Crippen molar-refractivity contribution in [1.82, 2.24) is 14.7 Å². The van der Waals surface area contributed by atoms with Gasteiger partial charge in [0.25, 0.3) is 0 Å². The number of ether oxygens (including phenoxy) is 4. The van der Waals surface area contributed by atoms with Crippen molar-refractivity contribution in [2.45, 2.75) is 115 Å². The van der Waals surface area contributed by atoms with E-state index in [1.165, 1.54) is 28.8 Å². The summed E-state index contributed by atoms with van der Waals surface area (Å²) in [5, 5.41) is 64.3. The third-order valence-corrected chi connectivity index (χ3v) is 18.6. The van der Waals surface area contributed by atoms with Gasteiger partial charge in [0.15, 0.2) is 58.3 Å². The minimum atomic E-state index is -1.45. The first-order valence-electron chi connectivity index (χ1n) is 23.6. The van der Waals surface area contributed by atoms with Crippen LogP contribution in [0.1, 0.15) is 70.3 Å². The lowest BCUT2D eigenvalue weighted by atomic mass is 9.49. The molecule has 12 aliphatic rings. The number of Topliss-reactive ketones (excluding diaryl/α,β-unsaturated/α-hetero) is 2. The SMILES string of the molecule is CN1CC[C@]23c4c5ccc(O)c4O[C@H]2C(=O)CC[C@@]3(O)[C@H]1C5.CN1CC[C@]23c4c5ccc(O)c4O[C@H]2[C@@H](O)C=C[C@@]3(O)[C@H]1C5=O.COC1=CC=C2[C@H]3Cc4ccc(O)c5c4[C@@]2(CCN3C)[C@H]1O5. The number of allylic oxidation sites excluding steroid dienone is 2. The van der Waals surface area contributed by atoms with E-state index in [0.29, 0.717) is 60.9 Å². The molecule has 1 saturated carbocycles. The molecule has 6 aliphatic carbocycles. The smallest absolute Gasteiger partial charge is 0.183 e. The molecule has 0 unspecified atom stereocenters. The van der Waals surface area contributed by atoms with Crippen LogP contribution in [0.5, 0.6) is 34.5 Å². The van der Waals surface area contributed by atoms with E-state index < -0.39 is 46.4 Å². The lowest BCUT2D eigenvalue weighted by Gasteiger charge is -2.61. The number of carbonyl (C=O) groups is 2. The molecule has 3 aromatic rings. The first-order chi connectivity index (χ1) is 32.1. The topological polar surface area (TPSA) is 202 Å². The molecule has 15 heteroatoms. The summed E-state index contributed by atoms with van der Waals surface area (Å²) in [6.07, 6.45) is 9.70. The Labute approximate surface area is 387 Å². The van der Waals surface area contributed by atoms with E-state index in [1.54, 1.807) is 31.4 Å². The zero-order valence-corrected chi connectivity index (χ0v) is 37.9. The summed E-state index contributed by atoms with van der Waals surface area (Å²) in [6.45, 7) is 2.47. The van der Waals surface area contributed by atoms with Crippen LogP contribution in [0.3, 0.4) is 0 Å². The number of likely N-dealkylation sites (tertiary alicyclic amines) is 3. The number of piperidine rings is 3. The van der Waals surface area contributed by atoms with Crippen molar-refractivity contribution in [3.8, 4) is 34.5 Å². The van der Waals surface area contributed by atoms with Crippen LogP contribution in [0.25, 0.3) is 0 Å². The summed E-state index contributed by atoms with van der Waals surface area (Å²) in [7, 11) is 7.77. The molecule has 3 spiro atoms. The number of carbonyl (C=O) groups excluding carboxylic acids is 2. The van der Waals surface area contributed by atoms with Crippen LogP contribution in [-0.4, -0.2) is 159 Å². The largest absolute Gasteiger partial charge is 0.504 e. The molecule has 0 radical (unpaired) electrons. The highest BCUT2D eigenvalue weighted by Crippen LogP contribution is 2.67. The van der Waals surface area contributed by atoms with Crippen molar-refractivity contribution in [3.05, 3.63) is 105 Å². The fourth-order valence-electron chi connectivity index (χ4n) is 15.6. The number of aliphatic hydroxyl groups excluding tert-OH is 1. The van der Waals surface area contributed by atoms with E-state index in [9.17, 15) is 40.2 Å². The molecule has 15 nitrogen and oxygen atoms in total. The number of benzene rings is 3. The molecule has 3 aromatic carbocycles. The van der Waals surface area contributed by atoms with E-state index in [2.05, 4.69) is 29.0 Å². The predicted molar refractivity (Wildman–Crippen MR) is 240 cm³/mol. The van der Waals surface area contributed by atoms with Gasteiger partial charge in [-0.3, -0.25) is 19.4 Å². The van der Waals surface area contributed by atoms with Gasteiger partial charge in [0.05, 0.1) is 29.0 Å². The van der Waals surface area contributed by atoms with Gasteiger partial charge in [-0.25, -0.2) is 0 Å². The summed E-state index contributed by atoms with van der Waals surface area (Å²) in [4.78, 5) is 32.1. The number of hydrogen-bond donors (Lipinski definition) is 6. The van der Waals surface area contributed by atoms with Gasteiger partial charge in [0, 0.05) is 40.8 Å². The summed E-state index contributed by atoms with van der Waals surface area (Å²) in [5.74, 6) is 2.32. The van der Waals surface area contributed by atoms with E-state index in [0.717, 1.165) is 49.2 Å². The Morgan fingerprint density at radius 1 is 0.701 bits per heavy atom. The quantitative estimate of drug-likeness (QED) is 0.195. The standard InChI is InChI=1S/C18H19NO3.C17H17NO5.C17H19NO4/c1-19-8-7-18-11-4-6-14(21-2)17(18)22-16-13(20)5-3-10(15(16)18)9-12(11)19;1-18-7-6-16-11-8-2-3-9(19)13(11)23-15(16)10(20)4-5-17(16,22)14(18)12(8)21;1-18-7-6-16-13-9-2-3-10(19)14(13)22-15(16)11(20)4-5-17(16,21)12(18)8-9/h3-6,12,17,20H,7-9H2,1-2H3;2-5,10,14-15,19-20,22H,6-7H2,1H3;2-3,12,15,19,21H,4-8H2,1H3/t12-,17+,18+;10-,14+,15-,16-,17+;12-,15+,16+,17-/m101/s1. The summed E-state index contributed by atoms with van der Waals surface area (Å²) in [5.41, 5.74) is 2.82. The lowest BCUT2D eigenvalue weighted by Crippen LogP contribution is -2.76. The maximum atomic E-state index is 13.0. The molecule has 6 aliphatic heterocycles. The monoisotopic (exact) mass is 913 g/mol. The third-order valence-electron chi connectivity index (χ3n) is 18.6. The van der Waals surface area contributed by atoms with Crippen molar-refractivity contribution >= 4 is 11.6 Å². The van der Waals surface area contributed by atoms with Crippen LogP contribution in [0.4, 0.5) is 0 Å². The Balaban J connectivity index is 0.0000000998. The van der Waals surface area contributed by atoms with Gasteiger partial charge < -0.3 is 54.5 Å². The molecule has 3 saturated heterocycles. The zero-order valence-electron chi connectivity index (χ0n) is 37.9. The van der Waals surface area contributed by atoms with Crippen LogP contribution in [-0.2, 0) is 38.6 Å². The lowest BCUT2D eigenvalue weighted by molar-refractivity contribution is -0.185. The number of nitrogens with zero attached hydrogens (tertiary/aromatic N) is 3. The van der Waals surface area contributed by atoms with Crippen LogP contribution >= 0.6 is 0 Å². The molecule has 6 N–H and O–H groups in total. The fraction of sp³-hybridized carbons (Fsp3) is 0.500. The number of aliphatic hydroxyl groups is 3. The molecule has 15 rings (SSSR count). The van der Waals surface area contributed by atoms with Crippen molar-refractivity contribution in [2.75, 3.05) is 47.9 Å². The van der Waals surface area contributed by atoms with E-state index in [-0.39, 0.29) is 52.1 Å². The highest BCUT2D eigenvalue weighted by Gasteiger charge is 2.75.